The van der Waals surface area contributed by atoms with E-state index in [0.717, 1.165) is 59.6 Å². The summed E-state index contributed by atoms with van der Waals surface area (Å²) < 4.78 is 2.44. The lowest BCUT2D eigenvalue weighted by atomic mass is 9.94. The summed E-state index contributed by atoms with van der Waals surface area (Å²) in [5, 5.41) is 3.83. The number of fused-ring (bicyclic) bond motifs is 4. The highest BCUT2D eigenvalue weighted by molar-refractivity contribution is 5.99. The minimum atomic E-state index is 0.739. The molecule has 2 aromatic heterocycles. The van der Waals surface area contributed by atoms with Gasteiger partial charge >= 0.3 is 0 Å². The zero-order chi connectivity index (χ0) is 35.8. The third-order valence-electron chi connectivity index (χ3n) is 11.0. The van der Waals surface area contributed by atoms with Crippen LogP contribution in [0.2, 0.25) is 0 Å². The lowest BCUT2D eigenvalue weighted by Gasteiger charge is -2.13. The van der Waals surface area contributed by atoms with Crippen LogP contribution in [0.25, 0.3) is 83.9 Å². The van der Waals surface area contributed by atoms with Crippen molar-refractivity contribution in [3.8, 4) is 50.6 Å². The Kier molecular flexibility index (Phi) is 8.18. The fraction of sp³-hybridized carbons (Fsp3) is 0.0980. The van der Waals surface area contributed by atoms with Crippen molar-refractivity contribution in [1.29, 1.82) is 0 Å². The van der Waals surface area contributed by atoms with Crippen molar-refractivity contribution >= 4 is 33.3 Å². The molecule has 2 heterocycles. The molecule has 3 heteroatoms. The molecule has 3 nitrogen and oxygen atoms in total. The minimum Gasteiger partial charge on any atom is -0.310 e. The van der Waals surface area contributed by atoms with Gasteiger partial charge in [-0.15, -0.1) is 0 Å². The van der Waals surface area contributed by atoms with Crippen LogP contribution in [0.4, 0.5) is 0 Å². The Labute approximate surface area is 316 Å². The van der Waals surface area contributed by atoms with E-state index >= 15 is 0 Å². The standard InChI is InChI=1S/C51H39N3/c1-4-13-37(14-5-1)47-34-48(38-15-6-2-7-16-38)53-51(52-47)39-25-23-36(24-26-39)43-20-12-17-41-33-40(29-32-44(41)43)35-27-30-42(31-28-35)54-49-21-9-3-8-18-45(49)46-19-10-11-22-50(46)54/h1,4-6,9-17,19-34H,2-3,7-8,18H2. The molecule has 0 bridgehead atoms. The minimum absolute atomic E-state index is 0.739. The summed E-state index contributed by atoms with van der Waals surface area (Å²) in [7, 11) is 0. The average Bonchev–Trinajstić information content (AvgIpc) is 3.36. The van der Waals surface area contributed by atoms with Crippen molar-refractivity contribution in [2.75, 3.05) is 0 Å². The number of benzene rings is 6. The van der Waals surface area contributed by atoms with E-state index in [1.54, 1.807) is 0 Å². The van der Waals surface area contributed by atoms with E-state index in [0.29, 0.717) is 0 Å². The monoisotopic (exact) mass is 693 g/mol. The van der Waals surface area contributed by atoms with E-state index in [9.17, 15) is 0 Å². The smallest absolute Gasteiger partial charge is 0.160 e. The SMILES string of the molecule is C1=CC(c2cc(-c3ccccc3)nc(-c3ccc(-c4cccc5cc(-c6ccc(-n7c8c(c9ccccc97)CCCC=C8)cc6)ccc45)cc3)n2)=CCC1. The van der Waals surface area contributed by atoms with Crippen molar-refractivity contribution in [2.24, 2.45) is 0 Å². The van der Waals surface area contributed by atoms with Gasteiger partial charge < -0.3 is 4.57 Å². The third-order valence-corrected chi connectivity index (χ3v) is 11.0. The van der Waals surface area contributed by atoms with Gasteiger partial charge in [0.25, 0.3) is 0 Å². The van der Waals surface area contributed by atoms with Crippen LogP contribution in [0.15, 0.2) is 170 Å². The van der Waals surface area contributed by atoms with Gasteiger partial charge in [-0.25, -0.2) is 9.97 Å². The van der Waals surface area contributed by atoms with Gasteiger partial charge in [0.15, 0.2) is 5.82 Å². The van der Waals surface area contributed by atoms with E-state index < -0.39 is 0 Å². The van der Waals surface area contributed by atoms with E-state index in [1.165, 1.54) is 67.3 Å². The van der Waals surface area contributed by atoms with Crippen molar-refractivity contribution in [3.63, 3.8) is 0 Å². The normalized spacial score (nSPS) is 13.9. The Morgan fingerprint density at radius 2 is 1.26 bits per heavy atom. The average molecular weight is 694 g/mol. The second kappa shape index (κ2) is 13.8. The first-order valence-electron chi connectivity index (χ1n) is 19.1. The summed E-state index contributed by atoms with van der Waals surface area (Å²) in [4.78, 5) is 10.1. The predicted molar refractivity (Wildman–Crippen MR) is 226 cm³/mol. The number of hydrogen-bond acceptors (Lipinski definition) is 2. The van der Waals surface area contributed by atoms with Gasteiger partial charge in [-0.1, -0.05) is 140 Å². The maximum Gasteiger partial charge on any atom is 0.160 e. The molecule has 2 aliphatic carbocycles. The molecule has 0 spiro atoms. The van der Waals surface area contributed by atoms with E-state index in [1.807, 2.05) is 6.07 Å². The van der Waals surface area contributed by atoms with Crippen LogP contribution in [0.1, 0.15) is 42.6 Å². The molecule has 0 saturated heterocycles. The van der Waals surface area contributed by atoms with Crippen LogP contribution in [0, 0.1) is 0 Å². The first kappa shape index (κ1) is 32.1. The molecule has 8 aromatic rings. The number of rotatable bonds is 6. The van der Waals surface area contributed by atoms with Crippen molar-refractivity contribution in [1.82, 2.24) is 14.5 Å². The maximum atomic E-state index is 5.06. The van der Waals surface area contributed by atoms with Gasteiger partial charge in [-0.2, -0.15) is 0 Å². The quantitative estimate of drug-likeness (QED) is 0.174. The Hall–Kier alpha value is -6.58. The molecule has 6 aromatic carbocycles. The number of nitrogens with zero attached hydrogens (tertiary/aromatic N) is 3. The molecular formula is C51H39N3. The van der Waals surface area contributed by atoms with E-state index in [2.05, 4.69) is 174 Å². The molecule has 0 amide bonds. The van der Waals surface area contributed by atoms with Crippen molar-refractivity contribution < 1.29 is 0 Å². The lowest BCUT2D eigenvalue weighted by Crippen LogP contribution is -1.98. The van der Waals surface area contributed by atoms with Crippen LogP contribution in [-0.4, -0.2) is 14.5 Å². The Balaban J connectivity index is 0.962. The third kappa shape index (κ3) is 5.88. The molecule has 0 atom stereocenters. The number of allylic oxidation sites excluding steroid dienone is 5. The largest absolute Gasteiger partial charge is 0.310 e. The van der Waals surface area contributed by atoms with Gasteiger partial charge in [0.1, 0.15) is 0 Å². The maximum absolute atomic E-state index is 5.06. The molecule has 2 aliphatic rings. The predicted octanol–water partition coefficient (Wildman–Crippen LogP) is 13.3. The summed E-state index contributed by atoms with van der Waals surface area (Å²) >= 11 is 0. The molecule has 54 heavy (non-hydrogen) atoms. The van der Waals surface area contributed by atoms with Gasteiger partial charge in [-0.3, -0.25) is 0 Å². The highest BCUT2D eigenvalue weighted by atomic mass is 15.0. The summed E-state index contributed by atoms with van der Waals surface area (Å²) in [5.74, 6) is 0.739. The lowest BCUT2D eigenvalue weighted by molar-refractivity contribution is 0.854. The number of hydrogen-bond donors (Lipinski definition) is 0. The van der Waals surface area contributed by atoms with Gasteiger partial charge in [0.05, 0.1) is 16.9 Å². The van der Waals surface area contributed by atoms with E-state index in [-0.39, 0.29) is 0 Å². The fourth-order valence-electron chi connectivity index (χ4n) is 8.24. The van der Waals surface area contributed by atoms with Gasteiger partial charge in [-0.05, 0) is 113 Å². The topological polar surface area (TPSA) is 30.7 Å². The van der Waals surface area contributed by atoms with Crippen LogP contribution >= 0.6 is 0 Å². The van der Waals surface area contributed by atoms with Crippen LogP contribution in [0.3, 0.4) is 0 Å². The number of aryl methyl sites for hydroxylation is 1. The zero-order valence-electron chi connectivity index (χ0n) is 30.1. The molecule has 258 valence electrons. The molecule has 0 fully saturated rings. The second-order valence-corrected chi connectivity index (χ2v) is 14.3. The Morgan fingerprint density at radius 1 is 0.500 bits per heavy atom. The molecule has 10 rings (SSSR count). The molecule has 0 N–H and O–H groups in total. The first-order chi connectivity index (χ1) is 26.8. The first-order valence-corrected chi connectivity index (χ1v) is 19.1. The fourth-order valence-corrected chi connectivity index (χ4v) is 8.24. The van der Waals surface area contributed by atoms with E-state index in [4.69, 9.17) is 9.97 Å². The van der Waals surface area contributed by atoms with Gasteiger partial charge in [0, 0.05) is 27.9 Å². The Bertz CT molecular complexity index is 2760. The second-order valence-electron chi connectivity index (χ2n) is 14.3. The highest BCUT2D eigenvalue weighted by Crippen LogP contribution is 2.36. The molecular weight excluding hydrogens is 655 g/mol. The molecule has 0 radical (unpaired) electrons. The van der Waals surface area contributed by atoms with Gasteiger partial charge in [0.2, 0.25) is 0 Å². The van der Waals surface area contributed by atoms with Crippen molar-refractivity contribution in [3.05, 3.63) is 187 Å². The Morgan fingerprint density at radius 3 is 2.11 bits per heavy atom. The summed E-state index contributed by atoms with van der Waals surface area (Å²) in [6, 6.07) is 52.6. The van der Waals surface area contributed by atoms with Crippen molar-refractivity contribution in [2.45, 2.75) is 32.1 Å². The molecule has 0 saturated carbocycles. The van der Waals surface area contributed by atoms with Crippen LogP contribution < -0.4 is 0 Å². The number of aromatic nitrogens is 3. The summed E-state index contributed by atoms with van der Waals surface area (Å²) in [6.45, 7) is 0. The molecule has 0 unspecified atom stereocenters. The summed E-state index contributed by atoms with van der Waals surface area (Å²) in [6.07, 6.45) is 16.9. The summed E-state index contributed by atoms with van der Waals surface area (Å²) in [5.41, 5.74) is 15.2. The molecule has 0 aliphatic heterocycles. The highest BCUT2D eigenvalue weighted by Gasteiger charge is 2.18. The van der Waals surface area contributed by atoms with Crippen LogP contribution in [-0.2, 0) is 6.42 Å². The number of para-hydroxylation sites is 1. The zero-order valence-corrected chi connectivity index (χ0v) is 30.1. The van der Waals surface area contributed by atoms with Crippen LogP contribution in [0.5, 0.6) is 0 Å².